The van der Waals surface area contributed by atoms with Crippen molar-refractivity contribution in [2.45, 2.75) is 45.8 Å². The lowest BCUT2D eigenvalue weighted by atomic mass is 10.2. The predicted octanol–water partition coefficient (Wildman–Crippen LogP) is 2.65. The largest absolute Gasteiger partial charge is 0.390 e. The Hall–Kier alpha value is -0.290. The van der Waals surface area contributed by atoms with Crippen molar-refractivity contribution in [1.29, 1.82) is 0 Å². The average molecular weight is 240 g/mol. The van der Waals surface area contributed by atoms with Crippen molar-refractivity contribution in [3.05, 3.63) is 0 Å². The molecule has 0 aromatic rings. The van der Waals surface area contributed by atoms with E-state index >= 15 is 0 Å². The van der Waals surface area contributed by atoms with Gasteiger partial charge in [0.2, 0.25) is 0 Å². The van der Waals surface area contributed by atoms with Crippen LogP contribution in [0.25, 0.3) is 0 Å². The highest BCUT2D eigenvalue weighted by molar-refractivity contribution is 4.66. The summed E-state index contributed by atoms with van der Waals surface area (Å²) in [6, 6.07) is -0.489. The minimum absolute atomic E-state index is 0.489. The third-order valence-corrected chi connectivity index (χ3v) is 2.58. The van der Waals surface area contributed by atoms with Crippen LogP contribution >= 0.6 is 0 Å². The lowest BCUT2D eigenvalue weighted by Crippen LogP contribution is -2.34. The number of halogens is 3. The molecule has 0 amide bonds. The first-order valence-electron chi connectivity index (χ1n) is 5.91. The fraction of sp³-hybridized carbons (Fsp3) is 1.00. The zero-order valence-corrected chi connectivity index (χ0v) is 10.4. The van der Waals surface area contributed by atoms with Crippen LogP contribution in [0.15, 0.2) is 0 Å². The van der Waals surface area contributed by atoms with Gasteiger partial charge in [-0.25, -0.2) is 0 Å². The second-order valence-corrected chi connectivity index (χ2v) is 4.05. The quantitative estimate of drug-likeness (QED) is 0.656. The normalized spacial score (nSPS) is 14.4. The summed E-state index contributed by atoms with van der Waals surface area (Å²) < 4.78 is 36.0. The Labute approximate surface area is 96.2 Å². The second kappa shape index (κ2) is 7.90. The molecule has 1 unspecified atom stereocenters. The van der Waals surface area contributed by atoms with E-state index in [0.29, 0.717) is 6.54 Å². The number of hydrogen-bond donors (Lipinski definition) is 1. The van der Waals surface area contributed by atoms with Crippen LogP contribution in [0.2, 0.25) is 0 Å². The van der Waals surface area contributed by atoms with Gasteiger partial charge in [0.15, 0.2) is 0 Å². The number of nitrogens with zero attached hydrogens (tertiary/aromatic N) is 1. The summed E-state index contributed by atoms with van der Waals surface area (Å²) >= 11 is 0. The molecule has 0 aliphatic heterocycles. The van der Waals surface area contributed by atoms with E-state index in [9.17, 15) is 13.2 Å². The standard InChI is InChI=1S/C11H23F3N2/c1-4-16(5-2)8-6-7-15-10(3)9-11(12,13)14/h10,15H,4-9H2,1-3H3. The monoisotopic (exact) mass is 240 g/mol. The number of rotatable bonds is 8. The topological polar surface area (TPSA) is 15.3 Å². The summed E-state index contributed by atoms with van der Waals surface area (Å²) in [6.07, 6.45) is -3.92. The van der Waals surface area contributed by atoms with Crippen molar-refractivity contribution >= 4 is 0 Å². The summed E-state index contributed by atoms with van der Waals surface area (Å²) in [6.45, 7) is 9.33. The van der Waals surface area contributed by atoms with Gasteiger partial charge in [-0.1, -0.05) is 13.8 Å². The lowest BCUT2D eigenvalue weighted by Gasteiger charge is -2.19. The highest BCUT2D eigenvalue weighted by Gasteiger charge is 2.29. The molecule has 1 atom stereocenters. The summed E-state index contributed by atoms with van der Waals surface area (Å²) in [5, 5.41) is 2.90. The van der Waals surface area contributed by atoms with Crippen LogP contribution < -0.4 is 5.32 Å². The highest BCUT2D eigenvalue weighted by Crippen LogP contribution is 2.21. The zero-order chi connectivity index (χ0) is 12.6. The third kappa shape index (κ3) is 8.97. The Morgan fingerprint density at radius 1 is 1.19 bits per heavy atom. The van der Waals surface area contributed by atoms with Gasteiger partial charge in [-0.05, 0) is 39.5 Å². The van der Waals surface area contributed by atoms with Crippen LogP contribution in [0.4, 0.5) is 13.2 Å². The zero-order valence-electron chi connectivity index (χ0n) is 10.4. The van der Waals surface area contributed by atoms with Gasteiger partial charge in [0, 0.05) is 6.04 Å². The first kappa shape index (κ1) is 15.7. The number of hydrogen-bond acceptors (Lipinski definition) is 2. The number of nitrogens with one attached hydrogen (secondary N) is 1. The van der Waals surface area contributed by atoms with Gasteiger partial charge in [-0.2, -0.15) is 13.2 Å². The van der Waals surface area contributed by atoms with E-state index in [1.807, 2.05) is 0 Å². The molecule has 0 aromatic heterocycles. The maximum absolute atomic E-state index is 12.0. The molecule has 5 heteroatoms. The summed E-state index contributed by atoms with van der Waals surface area (Å²) in [5.41, 5.74) is 0. The Morgan fingerprint density at radius 2 is 1.75 bits per heavy atom. The Morgan fingerprint density at radius 3 is 2.19 bits per heavy atom. The van der Waals surface area contributed by atoms with Crippen molar-refractivity contribution in [1.82, 2.24) is 10.2 Å². The molecule has 0 heterocycles. The molecule has 1 N–H and O–H groups in total. The predicted molar refractivity (Wildman–Crippen MR) is 60.5 cm³/mol. The summed E-state index contributed by atoms with van der Waals surface area (Å²) in [4.78, 5) is 2.26. The van der Waals surface area contributed by atoms with Crippen molar-refractivity contribution in [2.75, 3.05) is 26.2 Å². The molecule has 0 aliphatic carbocycles. The molecule has 16 heavy (non-hydrogen) atoms. The molecule has 0 radical (unpaired) electrons. The molecule has 0 saturated carbocycles. The molecule has 0 aliphatic rings. The molecule has 0 fully saturated rings. The molecule has 0 spiro atoms. The van der Waals surface area contributed by atoms with Gasteiger partial charge in [0.25, 0.3) is 0 Å². The minimum Gasteiger partial charge on any atom is -0.314 e. The summed E-state index contributed by atoms with van der Waals surface area (Å²) in [7, 11) is 0. The second-order valence-electron chi connectivity index (χ2n) is 4.05. The van der Waals surface area contributed by atoms with E-state index in [1.54, 1.807) is 6.92 Å². The maximum atomic E-state index is 12.0. The molecule has 2 nitrogen and oxygen atoms in total. The fourth-order valence-electron chi connectivity index (χ4n) is 1.61. The highest BCUT2D eigenvalue weighted by atomic mass is 19.4. The smallest absolute Gasteiger partial charge is 0.314 e. The number of alkyl halides is 3. The maximum Gasteiger partial charge on any atom is 0.390 e. The lowest BCUT2D eigenvalue weighted by molar-refractivity contribution is -0.139. The first-order valence-corrected chi connectivity index (χ1v) is 5.91. The Kier molecular flexibility index (Phi) is 7.76. The van der Waals surface area contributed by atoms with E-state index in [2.05, 4.69) is 24.1 Å². The van der Waals surface area contributed by atoms with E-state index in [4.69, 9.17) is 0 Å². The SMILES string of the molecule is CCN(CC)CCCNC(C)CC(F)(F)F. The van der Waals surface area contributed by atoms with Gasteiger partial charge in [0.05, 0.1) is 6.42 Å². The molecular formula is C11H23F3N2. The van der Waals surface area contributed by atoms with E-state index in [-0.39, 0.29) is 0 Å². The molecule has 0 saturated heterocycles. The van der Waals surface area contributed by atoms with Gasteiger partial charge < -0.3 is 10.2 Å². The Bertz CT molecular complexity index is 167. The average Bonchev–Trinajstić information content (AvgIpc) is 2.15. The molecule has 0 aromatic carbocycles. The summed E-state index contributed by atoms with van der Waals surface area (Å²) in [5.74, 6) is 0. The van der Waals surface area contributed by atoms with E-state index in [0.717, 1.165) is 26.1 Å². The van der Waals surface area contributed by atoms with Crippen molar-refractivity contribution in [2.24, 2.45) is 0 Å². The van der Waals surface area contributed by atoms with Gasteiger partial charge in [-0.3, -0.25) is 0 Å². The van der Waals surface area contributed by atoms with Gasteiger partial charge in [0.1, 0.15) is 0 Å². The Balaban J connectivity index is 3.51. The van der Waals surface area contributed by atoms with Crippen LogP contribution in [-0.2, 0) is 0 Å². The third-order valence-electron chi connectivity index (χ3n) is 2.58. The van der Waals surface area contributed by atoms with Gasteiger partial charge >= 0.3 is 6.18 Å². The molecule has 0 rings (SSSR count). The first-order chi connectivity index (χ1) is 7.39. The molecular weight excluding hydrogens is 217 g/mol. The van der Waals surface area contributed by atoms with Crippen LogP contribution in [0.3, 0.4) is 0 Å². The van der Waals surface area contributed by atoms with E-state index < -0.39 is 18.6 Å². The van der Waals surface area contributed by atoms with E-state index in [1.165, 1.54) is 0 Å². The fourth-order valence-corrected chi connectivity index (χ4v) is 1.61. The van der Waals surface area contributed by atoms with Crippen LogP contribution in [0.1, 0.15) is 33.6 Å². The van der Waals surface area contributed by atoms with Crippen LogP contribution in [0, 0.1) is 0 Å². The van der Waals surface area contributed by atoms with Crippen LogP contribution in [0.5, 0.6) is 0 Å². The molecule has 0 bridgehead atoms. The minimum atomic E-state index is -4.06. The van der Waals surface area contributed by atoms with Gasteiger partial charge in [-0.15, -0.1) is 0 Å². The van der Waals surface area contributed by atoms with Crippen LogP contribution in [-0.4, -0.2) is 43.3 Å². The van der Waals surface area contributed by atoms with Crippen molar-refractivity contribution in [3.63, 3.8) is 0 Å². The van der Waals surface area contributed by atoms with Crippen molar-refractivity contribution < 1.29 is 13.2 Å². The molecule has 98 valence electrons. The van der Waals surface area contributed by atoms with Crippen molar-refractivity contribution in [3.8, 4) is 0 Å².